The van der Waals surface area contributed by atoms with Crippen molar-refractivity contribution in [3.63, 3.8) is 0 Å². The molecule has 10 heteroatoms. The number of aliphatic hydroxyl groups is 3. The minimum Gasteiger partial charge on any atom is -0.394 e. The first-order valence-electron chi connectivity index (χ1n) is 6.25. The summed E-state index contributed by atoms with van der Waals surface area (Å²) in [6.45, 7) is 0.878. The third-order valence-electron chi connectivity index (χ3n) is 3.57. The Hall–Kier alpha value is -1.88. The Bertz CT molecular complexity index is 589. The molecule has 2 rings (SSSR count). The van der Waals surface area contributed by atoms with Crippen LogP contribution in [0.25, 0.3) is 0 Å². The predicted octanol–water partition coefficient (Wildman–Crippen LogP) is -2.80. The van der Waals surface area contributed by atoms with E-state index < -0.39 is 36.2 Å². The third kappa shape index (κ3) is 2.42. The zero-order chi connectivity index (χ0) is 15.9. The van der Waals surface area contributed by atoms with Crippen molar-refractivity contribution in [2.75, 3.05) is 30.0 Å². The quantitative estimate of drug-likeness (QED) is 0.345. The number of nitrogen functional groups attached to an aromatic ring is 2. The molecule has 0 amide bonds. The number of anilines is 3. The van der Waals surface area contributed by atoms with E-state index in [1.165, 1.54) is 18.9 Å². The number of hydrogen-bond donors (Lipinski definition) is 6. The largest absolute Gasteiger partial charge is 0.394 e. The maximum absolute atomic E-state index is 11.6. The second-order valence-electron chi connectivity index (χ2n) is 5.18. The van der Waals surface area contributed by atoms with Gasteiger partial charge >= 0.3 is 0 Å². The van der Waals surface area contributed by atoms with E-state index in [0.717, 1.165) is 0 Å². The van der Waals surface area contributed by atoms with Crippen molar-refractivity contribution in [3.05, 3.63) is 10.4 Å². The van der Waals surface area contributed by atoms with Crippen LogP contribution in [0.3, 0.4) is 0 Å². The van der Waals surface area contributed by atoms with Gasteiger partial charge in [0.05, 0.1) is 6.61 Å². The van der Waals surface area contributed by atoms with E-state index >= 15 is 0 Å². The van der Waals surface area contributed by atoms with E-state index in [9.17, 15) is 15.0 Å². The van der Waals surface area contributed by atoms with Crippen LogP contribution in [0.4, 0.5) is 17.5 Å². The first-order valence-corrected chi connectivity index (χ1v) is 6.25. The Morgan fingerprint density at radius 1 is 1.52 bits per heavy atom. The van der Waals surface area contributed by atoms with Crippen molar-refractivity contribution in [3.8, 4) is 0 Å². The maximum Gasteiger partial charge on any atom is 0.277 e. The monoisotopic (exact) mass is 301 g/mol. The molecule has 0 aliphatic carbocycles. The van der Waals surface area contributed by atoms with Crippen molar-refractivity contribution in [2.45, 2.75) is 31.0 Å². The van der Waals surface area contributed by atoms with Crippen LogP contribution in [0.15, 0.2) is 4.79 Å². The van der Waals surface area contributed by atoms with Crippen LogP contribution in [0, 0.1) is 0 Å². The van der Waals surface area contributed by atoms with E-state index in [4.69, 9.17) is 21.3 Å². The summed E-state index contributed by atoms with van der Waals surface area (Å²) in [4.78, 5) is 19.0. The minimum absolute atomic E-state index is 0.00677. The summed E-state index contributed by atoms with van der Waals surface area (Å²) in [6, 6.07) is 0. The van der Waals surface area contributed by atoms with E-state index in [-0.39, 0.29) is 17.5 Å². The molecule has 0 spiro atoms. The molecular weight excluding hydrogens is 282 g/mol. The summed E-state index contributed by atoms with van der Waals surface area (Å²) in [6.07, 6.45) is -3.34. The van der Waals surface area contributed by atoms with Gasteiger partial charge in [0.1, 0.15) is 23.5 Å². The number of aromatic amines is 1. The molecule has 0 saturated carbocycles. The molecule has 0 bridgehead atoms. The third-order valence-corrected chi connectivity index (χ3v) is 3.57. The van der Waals surface area contributed by atoms with Gasteiger partial charge in [-0.3, -0.25) is 9.78 Å². The number of ether oxygens (including phenoxy) is 1. The van der Waals surface area contributed by atoms with E-state index in [1.54, 1.807) is 0 Å². The van der Waals surface area contributed by atoms with Crippen LogP contribution in [0.5, 0.6) is 0 Å². The number of hydrogen-bond acceptors (Lipinski definition) is 9. The lowest BCUT2D eigenvalue weighted by atomic mass is 9.96. The van der Waals surface area contributed by atoms with Gasteiger partial charge in [0.2, 0.25) is 5.95 Å². The Morgan fingerprint density at radius 2 is 2.14 bits per heavy atom. The smallest absolute Gasteiger partial charge is 0.277 e. The van der Waals surface area contributed by atoms with Crippen LogP contribution in [0.1, 0.15) is 6.92 Å². The molecule has 0 aromatic carbocycles. The van der Waals surface area contributed by atoms with Crippen LogP contribution in [-0.2, 0) is 4.74 Å². The zero-order valence-electron chi connectivity index (χ0n) is 11.6. The van der Waals surface area contributed by atoms with Gasteiger partial charge in [-0.25, -0.2) is 0 Å². The molecule has 21 heavy (non-hydrogen) atoms. The van der Waals surface area contributed by atoms with Crippen molar-refractivity contribution in [1.29, 1.82) is 0 Å². The molecule has 1 aliphatic rings. The number of H-pyrrole nitrogens is 1. The maximum atomic E-state index is 11.6. The number of aromatic nitrogens is 2. The number of likely N-dealkylation sites (N-methyl/N-ethyl adjacent to an activating group) is 1. The molecule has 118 valence electrons. The second kappa shape index (κ2) is 5.15. The fourth-order valence-corrected chi connectivity index (χ4v) is 2.39. The first kappa shape index (κ1) is 15.5. The minimum atomic E-state index is -1.70. The van der Waals surface area contributed by atoms with Gasteiger partial charge in [-0.1, -0.05) is 0 Å². The van der Waals surface area contributed by atoms with Crippen LogP contribution < -0.4 is 21.9 Å². The second-order valence-corrected chi connectivity index (χ2v) is 5.18. The number of nitrogens with one attached hydrogen (secondary N) is 1. The van der Waals surface area contributed by atoms with Gasteiger partial charge in [-0.05, 0) is 6.92 Å². The number of aliphatic hydroxyl groups excluding tert-OH is 2. The Balaban J connectivity index is 2.41. The summed E-state index contributed by atoms with van der Waals surface area (Å²) in [5.41, 5.74) is 8.60. The fraction of sp³-hybridized carbons (Fsp3) is 0.636. The normalized spacial score (nSPS) is 32.3. The lowest BCUT2D eigenvalue weighted by molar-refractivity contribution is -0.0622. The molecule has 1 aliphatic heterocycles. The molecule has 4 unspecified atom stereocenters. The molecule has 1 aromatic rings. The van der Waals surface area contributed by atoms with Crippen molar-refractivity contribution < 1.29 is 20.1 Å². The topological polar surface area (TPSA) is 171 Å². The molecule has 0 radical (unpaired) electrons. The van der Waals surface area contributed by atoms with Crippen LogP contribution in [0.2, 0.25) is 0 Å². The molecule has 10 nitrogen and oxygen atoms in total. The summed E-state index contributed by atoms with van der Waals surface area (Å²) in [5.74, 6) is -0.139. The molecule has 1 saturated heterocycles. The standard InChI is InChI=1S/C11H19N5O5/c1-11(20)6(18)4(3-17)21-9(11)16(2)7-5(12)8(19)15-10(13)14-7/h4,6,9,17-18,20H,3,12H2,1-2H3,(H3,13,14,15,19). The van der Waals surface area contributed by atoms with Gasteiger partial charge in [0, 0.05) is 7.05 Å². The predicted molar refractivity (Wildman–Crippen MR) is 74.5 cm³/mol. The molecule has 4 atom stereocenters. The first-order chi connectivity index (χ1) is 9.70. The molecule has 1 fully saturated rings. The highest BCUT2D eigenvalue weighted by atomic mass is 16.6. The van der Waals surface area contributed by atoms with Crippen molar-refractivity contribution in [1.82, 2.24) is 9.97 Å². The van der Waals surface area contributed by atoms with Crippen molar-refractivity contribution in [2.24, 2.45) is 0 Å². The molecule has 1 aromatic heterocycles. The zero-order valence-corrected chi connectivity index (χ0v) is 11.6. The highest BCUT2D eigenvalue weighted by molar-refractivity contribution is 5.63. The van der Waals surface area contributed by atoms with Gasteiger partial charge in [-0.15, -0.1) is 0 Å². The summed E-state index contributed by atoms with van der Waals surface area (Å²) >= 11 is 0. The number of rotatable bonds is 3. The highest BCUT2D eigenvalue weighted by Crippen LogP contribution is 2.34. The fourth-order valence-electron chi connectivity index (χ4n) is 2.39. The van der Waals surface area contributed by atoms with Gasteiger partial charge in [0.15, 0.2) is 12.0 Å². The lowest BCUT2D eigenvalue weighted by Crippen LogP contribution is -2.52. The average molecular weight is 301 g/mol. The summed E-state index contributed by atoms with van der Waals surface area (Å²) in [5, 5.41) is 29.5. The summed E-state index contributed by atoms with van der Waals surface area (Å²) in [7, 11) is 1.48. The Kier molecular flexibility index (Phi) is 3.80. The Morgan fingerprint density at radius 3 is 2.67 bits per heavy atom. The number of nitrogens with zero attached hydrogens (tertiary/aromatic N) is 2. The van der Waals surface area contributed by atoms with Gasteiger partial charge in [-0.2, -0.15) is 4.98 Å². The Labute approximate surface area is 120 Å². The number of nitrogens with two attached hydrogens (primary N) is 2. The SMILES string of the molecule is CN(c1nc(N)[nH]c(=O)c1N)C1OC(CO)C(O)C1(C)O. The van der Waals surface area contributed by atoms with Gasteiger partial charge < -0.3 is 36.4 Å². The van der Waals surface area contributed by atoms with E-state index in [1.807, 2.05) is 0 Å². The molecular formula is C11H19N5O5. The molecule has 8 N–H and O–H groups in total. The highest BCUT2D eigenvalue weighted by Gasteiger charge is 2.54. The van der Waals surface area contributed by atoms with E-state index in [0.29, 0.717) is 0 Å². The molecule has 2 heterocycles. The summed E-state index contributed by atoms with van der Waals surface area (Å²) < 4.78 is 5.42. The van der Waals surface area contributed by atoms with Gasteiger partial charge in [0.25, 0.3) is 5.56 Å². The lowest BCUT2D eigenvalue weighted by Gasteiger charge is -2.34. The van der Waals surface area contributed by atoms with Crippen LogP contribution in [-0.4, -0.2) is 63.0 Å². The average Bonchev–Trinajstić information content (AvgIpc) is 2.64. The van der Waals surface area contributed by atoms with Crippen LogP contribution >= 0.6 is 0 Å². The van der Waals surface area contributed by atoms with E-state index in [2.05, 4.69) is 9.97 Å². The van der Waals surface area contributed by atoms with Crippen molar-refractivity contribution >= 4 is 17.5 Å².